The number of aryl methyl sites for hydroxylation is 1. The molecule has 1 heterocycles. The molecular formula is C13H15N3O5. The van der Waals surface area contributed by atoms with E-state index in [-0.39, 0.29) is 12.3 Å². The van der Waals surface area contributed by atoms with Gasteiger partial charge in [0.1, 0.15) is 5.75 Å². The molecule has 112 valence electrons. The molecule has 0 unspecified atom stereocenters. The summed E-state index contributed by atoms with van der Waals surface area (Å²) < 4.78 is 10.5. The first-order chi connectivity index (χ1) is 10.0. The van der Waals surface area contributed by atoms with Crippen LogP contribution in [0.5, 0.6) is 5.75 Å². The van der Waals surface area contributed by atoms with Crippen molar-refractivity contribution in [3.8, 4) is 5.75 Å². The Balaban J connectivity index is 2.17. The highest BCUT2D eigenvalue weighted by atomic mass is 16.6. The first-order valence-electron chi connectivity index (χ1n) is 6.42. The monoisotopic (exact) mass is 293 g/mol. The number of nitro groups is 1. The molecule has 0 fully saturated rings. The van der Waals surface area contributed by atoms with Crippen LogP contribution in [0.4, 0.5) is 5.69 Å². The summed E-state index contributed by atoms with van der Waals surface area (Å²) in [5, 5.41) is 24.2. The van der Waals surface area contributed by atoms with E-state index in [9.17, 15) is 15.2 Å². The summed E-state index contributed by atoms with van der Waals surface area (Å²) in [7, 11) is 0. The number of benzene rings is 1. The van der Waals surface area contributed by atoms with Crippen LogP contribution in [0.15, 0.2) is 22.7 Å². The minimum Gasteiger partial charge on any atom is -0.485 e. The lowest BCUT2D eigenvalue weighted by Crippen LogP contribution is -2.03. The topological polar surface area (TPSA) is 112 Å². The number of nitrogens with zero attached hydrogens (tertiary/aromatic N) is 3. The largest absolute Gasteiger partial charge is 0.485 e. The van der Waals surface area contributed by atoms with Crippen LogP contribution >= 0.6 is 0 Å². The Labute approximate surface area is 120 Å². The fraction of sp³-hybridized carbons (Fsp3) is 0.385. The second kappa shape index (κ2) is 6.31. The smallest absolute Gasteiger partial charge is 0.270 e. The predicted octanol–water partition coefficient (Wildman–Crippen LogP) is 2.17. The summed E-state index contributed by atoms with van der Waals surface area (Å²) in [6.45, 7) is 3.45. The van der Waals surface area contributed by atoms with Gasteiger partial charge in [-0.05, 0) is 13.0 Å². The molecular weight excluding hydrogens is 278 g/mol. The van der Waals surface area contributed by atoms with Gasteiger partial charge in [0.2, 0.25) is 11.7 Å². The number of hydrogen-bond donors (Lipinski definition) is 1. The van der Waals surface area contributed by atoms with Crippen molar-refractivity contribution in [2.24, 2.45) is 0 Å². The molecule has 0 radical (unpaired) electrons. The summed E-state index contributed by atoms with van der Waals surface area (Å²) in [6.07, 6.45) is -0.264. The highest BCUT2D eigenvalue weighted by molar-refractivity contribution is 5.44. The van der Waals surface area contributed by atoms with Crippen LogP contribution in [-0.4, -0.2) is 20.2 Å². The fourth-order valence-corrected chi connectivity index (χ4v) is 1.74. The number of aliphatic hydroxyl groups is 1. The summed E-state index contributed by atoms with van der Waals surface area (Å²) in [5.74, 6) is 1.23. The molecule has 0 saturated carbocycles. The van der Waals surface area contributed by atoms with Crippen LogP contribution in [-0.2, 0) is 13.0 Å². The van der Waals surface area contributed by atoms with Crippen molar-refractivity contribution in [1.82, 2.24) is 10.1 Å². The summed E-state index contributed by atoms with van der Waals surface area (Å²) in [5.41, 5.74) is 0.231. The summed E-state index contributed by atoms with van der Waals surface area (Å²) >= 11 is 0. The zero-order valence-electron chi connectivity index (χ0n) is 11.6. The molecule has 1 atom stereocenters. The third kappa shape index (κ3) is 3.54. The molecule has 1 aromatic heterocycles. The molecule has 0 aliphatic rings. The van der Waals surface area contributed by atoms with Gasteiger partial charge in [-0.2, -0.15) is 4.98 Å². The number of aliphatic hydroxyl groups excluding tert-OH is 1. The lowest BCUT2D eigenvalue weighted by atomic mass is 10.1. The normalized spacial score (nSPS) is 12.1. The van der Waals surface area contributed by atoms with E-state index in [4.69, 9.17) is 9.26 Å². The molecule has 0 saturated heterocycles. The van der Waals surface area contributed by atoms with Crippen molar-refractivity contribution in [3.63, 3.8) is 0 Å². The Morgan fingerprint density at radius 1 is 1.52 bits per heavy atom. The molecule has 1 N–H and O–H groups in total. The number of non-ortho nitro benzene ring substituents is 1. The molecule has 21 heavy (non-hydrogen) atoms. The average molecular weight is 293 g/mol. The predicted molar refractivity (Wildman–Crippen MR) is 71.7 cm³/mol. The van der Waals surface area contributed by atoms with Crippen molar-refractivity contribution >= 4 is 5.69 Å². The first kappa shape index (κ1) is 14.9. The standard InChI is InChI=1S/C13H15N3O5/c1-3-13-14-12(15-21-13)7-20-11-5-4-9(16(18)19)6-10(11)8(2)17/h4-6,8,17H,3,7H2,1-2H3/t8-/m1/s1. The number of aromatic nitrogens is 2. The van der Waals surface area contributed by atoms with Crippen molar-refractivity contribution in [2.75, 3.05) is 0 Å². The molecule has 8 heteroatoms. The second-order valence-corrected chi connectivity index (χ2v) is 4.40. The Hall–Kier alpha value is -2.48. The third-order valence-corrected chi connectivity index (χ3v) is 2.82. The minimum atomic E-state index is -0.892. The van der Waals surface area contributed by atoms with E-state index >= 15 is 0 Å². The maximum atomic E-state index is 10.8. The molecule has 2 rings (SSSR count). The number of ether oxygens (including phenoxy) is 1. The molecule has 1 aromatic carbocycles. The van der Waals surface area contributed by atoms with Crippen LogP contribution in [0.3, 0.4) is 0 Å². The zero-order valence-corrected chi connectivity index (χ0v) is 11.6. The molecule has 0 bridgehead atoms. The van der Waals surface area contributed by atoms with Gasteiger partial charge in [0.15, 0.2) is 6.61 Å². The van der Waals surface area contributed by atoms with E-state index in [1.807, 2.05) is 6.92 Å². The van der Waals surface area contributed by atoms with Gasteiger partial charge in [-0.1, -0.05) is 12.1 Å². The Kier molecular flexibility index (Phi) is 4.49. The van der Waals surface area contributed by atoms with E-state index < -0.39 is 11.0 Å². The molecule has 8 nitrogen and oxygen atoms in total. The zero-order chi connectivity index (χ0) is 15.4. The molecule has 0 amide bonds. The van der Waals surface area contributed by atoms with Crippen molar-refractivity contribution in [1.29, 1.82) is 0 Å². The number of rotatable bonds is 6. The highest BCUT2D eigenvalue weighted by Gasteiger charge is 2.16. The Morgan fingerprint density at radius 2 is 2.29 bits per heavy atom. The van der Waals surface area contributed by atoms with Crippen LogP contribution in [0.1, 0.15) is 37.2 Å². The van der Waals surface area contributed by atoms with Crippen molar-refractivity contribution in [3.05, 3.63) is 45.6 Å². The molecule has 0 aliphatic carbocycles. The van der Waals surface area contributed by atoms with Gasteiger partial charge in [-0.15, -0.1) is 0 Å². The quantitative estimate of drug-likeness (QED) is 0.641. The number of nitro benzene ring substituents is 1. The Bertz CT molecular complexity index is 638. The maximum Gasteiger partial charge on any atom is 0.270 e. The van der Waals surface area contributed by atoms with Crippen molar-refractivity contribution < 1.29 is 19.3 Å². The first-order valence-corrected chi connectivity index (χ1v) is 6.42. The van der Waals surface area contributed by atoms with Crippen LogP contribution < -0.4 is 4.74 Å². The van der Waals surface area contributed by atoms with Gasteiger partial charge in [0.05, 0.1) is 11.0 Å². The van der Waals surface area contributed by atoms with E-state index in [2.05, 4.69) is 10.1 Å². The average Bonchev–Trinajstić information content (AvgIpc) is 2.92. The van der Waals surface area contributed by atoms with Crippen molar-refractivity contribution in [2.45, 2.75) is 33.0 Å². The minimum absolute atomic E-state index is 0.0566. The number of hydrogen-bond acceptors (Lipinski definition) is 7. The van der Waals surface area contributed by atoms with E-state index in [1.165, 1.54) is 25.1 Å². The second-order valence-electron chi connectivity index (χ2n) is 4.40. The summed E-state index contributed by atoms with van der Waals surface area (Å²) in [6, 6.07) is 4.05. The highest BCUT2D eigenvalue weighted by Crippen LogP contribution is 2.29. The molecule has 2 aromatic rings. The fourth-order valence-electron chi connectivity index (χ4n) is 1.74. The Morgan fingerprint density at radius 3 is 2.86 bits per heavy atom. The van der Waals surface area contributed by atoms with E-state index in [1.54, 1.807) is 0 Å². The van der Waals surface area contributed by atoms with Gasteiger partial charge in [-0.25, -0.2) is 0 Å². The van der Waals surface area contributed by atoms with E-state index in [0.29, 0.717) is 29.4 Å². The lowest BCUT2D eigenvalue weighted by molar-refractivity contribution is -0.385. The van der Waals surface area contributed by atoms with Crippen LogP contribution in [0, 0.1) is 10.1 Å². The summed E-state index contributed by atoms with van der Waals surface area (Å²) in [4.78, 5) is 14.3. The van der Waals surface area contributed by atoms with Gasteiger partial charge in [-0.3, -0.25) is 10.1 Å². The van der Waals surface area contributed by atoms with E-state index in [0.717, 1.165) is 0 Å². The van der Waals surface area contributed by atoms with Crippen LogP contribution in [0.25, 0.3) is 0 Å². The molecule has 0 spiro atoms. The van der Waals surface area contributed by atoms with Crippen LogP contribution in [0.2, 0.25) is 0 Å². The van der Waals surface area contributed by atoms with Gasteiger partial charge in [0, 0.05) is 24.1 Å². The maximum absolute atomic E-state index is 10.8. The lowest BCUT2D eigenvalue weighted by Gasteiger charge is -2.12. The van der Waals surface area contributed by atoms with Gasteiger partial charge in [0.25, 0.3) is 5.69 Å². The molecule has 0 aliphatic heterocycles. The van der Waals surface area contributed by atoms with Gasteiger partial charge < -0.3 is 14.4 Å². The van der Waals surface area contributed by atoms with Gasteiger partial charge >= 0.3 is 0 Å². The third-order valence-electron chi connectivity index (χ3n) is 2.82. The SMILES string of the molecule is CCc1nc(COc2ccc([N+](=O)[O-])cc2[C@@H](C)O)no1.